The summed E-state index contributed by atoms with van der Waals surface area (Å²) in [5.74, 6) is 0. The first kappa shape index (κ1) is 28.7. The van der Waals surface area contributed by atoms with E-state index in [1.54, 1.807) is 0 Å². The Kier molecular flexibility index (Phi) is 21.7. The van der Waals surface area contributed by atoms with Crippen molar-refractivity contribution in [2.75, 3.05) is 0 Å². The fourth-order valence-electron chi connectivity index (χ4n) is 2.97. The van der Waals surface area contributed by atoms with Gasteiger partial charge in [-0.05, 0) is 26.2 Å². The molecule has 6 heteroatoms. The zero-order chi connectivity index (χ0) is 18.3. The van der Waals surface area contributed by atoms with Gasteiger partial charge in [0.15, 0.2) is 0 Å². The summed E-state index contributed by atoms with van der Waals surface area (Å²) in [5, 5.41) is 9.17. The minimum absolute atomic E-state index is 0. The Bertz CT molecular complexity index is 374. The molecule has 0 aromatic heterocycles. The molecule has 0 aromatic carbocycles. The molecule has 0 aliphatic heterocycles. The molecule has 0 saturated heterocycles. The van der Waals surface area contributed by atoms with Crippen LogP contribution in [-0.2, 0) is 10.1 Å². The largest absolute Gasteiger partial charge is 1.00 e. The fourth-order valence-corrected chi connectivity index (χ4v) is 3.42. The van der Waals surface area contributed by atoms with Crippen molar-refractivity contribution in [2.24, 2.45) is 0 Å². The van der Waals surface area contributed by atoms with Gasteiger partial charge in [-0.15, -0.1) is 0 Å². The molecule has 0 spiro atoms. The standard InChI is InChI=1S/C19H40O4S.K/c1-3-4-5-9-13-16-19(20)17-14-11-8-6-7-10-12-15-18(2)24(21,22)23;/h18-20H,3-17H2,1-2H3,(H,21,22,23);/q;+1/p-1. The van der Waals surface area contributed by atoms with Gasteiger partial charge >= 0.3 is 51.4 Å². The third kappa shape index (κ3) is 20.1. The number of hydrogen-bond acceptors (Lipinski definition) is 4. The molecule has 0 bridgehead atoms. The summed E-state index contributed by atoms with van der Waals surface area (Å²) in [4.78, 5) is 0. The van der Waals surface area contributed by atoms with Crippen molar-refractivity contribution in [2.45, 2.75) is 122 Å². The molecule has 0 aliphatic carbocycles. The van der Waals surface area contributed by atoms with Gasteiger partial charge in [-0.25, -0.2) is 8.42 Å². The Morgan fingerprint density at radius 3 is 1.52 bits per heavy atom. The van der Waals surface area contributed by atoms with E-state index in [1.807, 2.05) is 0 Å². The number of aliphatic hydroxyl groups excluding tert-OH is 1. The molecule has 0 aliphatic rings. The molecule has 4 nitrogen and oxygen atoms in total. The van der Waals surface area contributed by atoms with Crippen LogP contribution in [0.5, 0.6) is 0 Å². The first-order chi connectivity index (χ1) is 11.4. The number of unbranched alkanes of at least 4 members (excludes halogenated alkanes) is 10. The Morgan fingerprint density at radius 2 is 1.12 bits per heavy atom. The minimum atomic E-state index is -4.10. The van der Waals surface area contributed by atoms with Gasteiger partial charge in [0.05, 0.1) is 16.2 Å². The first-order valence-electron chi connectivity index (χ1n) is 10.0. The number of rotatable bonds is 17. The topological polar surface area (TPSA) is 77.4 Å². The van der Waals surface area contributed by atoms with Gasteiger partial charge in [-0.3, -0.25) is 0 Å². The van der Waals surface area contributed by atoms with Gasteiger partial charge in [-0.2, -0.15) is 0 Å². The van der Waals surface area contributed by atoms with Crippen LogP contribution in [0.25, 0.3) is 0 Å². The molecule has 0 aromatic rings. The Balaban J connectivity index is 0. The summed E-state index contributed by atoms with van der Waals surface area (Å²) in [7, 11) is -4.10. The SMILES string of the molecule is CCCCCCCC(O)CCCCCCCCCC(C)S(=O)(=O)[O-].[K+]. The smallest absolute Gasteiger partial charge is 0.748 e. The number of hydrogen-bond donors (Lipinski definition) is 1. The molecule has 0 heterocycles. The van der Waals surface area contributed by atoms with Crippen molar-refractivity contribution in [3.8, 4) is 0 Å². The van der Waals surface area contributed by atoms with Crippen molar-refractivity contribution < 1.29 is 69.5 Å². The average Bonchev–Trinajstić information content (AvgIpc) is 2.51. The van der Waals surface area contributed by atoms with Crippen LogP contribution in [0.15, 0.2) is 0 Å². The van der Waals surface area contributed by atoms with Crippen molar-refractivity contribution in [1.29, 1.82) is 0 Å². The molecule has 0 rings (SSSR count). The normalized spacial score (nSPS) is 14.1. The van der Waals surface area contributed by atoms with Crippen molar-refractivity contribution in [3.05, 3.63) is 0 Å². The molecule has 0 amide bonds. The second-order valence-corrected chi connectivity index (χ2v) is 9.00. The van der Waals surface area contributed by atoms with Crippen LogP contribution in [-0.4, -0.2) is 29.4 Å². The summed E-state index contributed by atoms with van der Waals surface area (Å²) in [6, 6.07) is 0. The van der Waals surface area contributed by atoms with E-state index in [2.05, 4.69) is 6.92 Å². The van der Waals surface area contributed by atoms with Crippen LogP contribution in [0.1, 0.15) is 110 Å². The van der Waals surface area contributed by atoms with E-state index in [-0.39, 0.29) is 57.5 Å². The van der Waals surface area contributed by atoms with Crippen LogP contribution < -0.4 is 51.4 Å². The quantitative estimate of drug-likeness (QED) is 0.230. The van der Waals surface area contributed by atoms with Crippen LogP contribution in [0, 0.1) is 0 Å². The van der Waals surface area contributed by atoms with E-state index < -0.39 is 15.4 Å². The number of aliphatic hydroxyl groups is 1. The first-order valence-corrected chi connectivity index (χ1v) is 11.5. The van der Waals surface area contributed by atoms with Gasteiger partial charge in [0, 0.05) is 5.25 Å². The van der Waals surface area contributed by atoms with E-state index in [0.717, 1.165) is 57.8 Å². The Morgan fingerprint density at radius 1 is 0.760 bits per heavy atom. The molecule has 146 valence electrons. The molecule has 2 unspecified atom stereocenters. The molecule has 2 atom stereocenters. The zero-order valence-corrected chi connectivity index (χ0v) is 20.8. The summed E-state index contributed by atoms with van der Waals surface area (Å²) in [5.41, 5.74) is 0. The maximum atomic E-state index is 10.8. The Labute approximate surface area is 199 Å². The third-order valence-electron chi connectivity index (χ3n) is 4.78. The minimum Gasteiger partial charge on any atom is -0.748 e. The fraction of sp³-hybridized carbons (Fsp3) is 1.00. The van der Waals surface area contributed by atoms with E-state index in [9.17, 15) is 18.1 Å². The molecule has 0 fully saturated rings. The van der Waals surface area contributed by atoms with Crippen LogP contribution in [0.3, 0.4) is 0 Å². The maximum Gasteiger partial charge on any atom is 1.00 e. The van der Waals surface area contributed by atoms with Gasteiger partial charge < -0.3 is 9.66 Å². The molecular formula is C19H39KO4S. The summed E-state index contributed by atoms with van der Waals surface area (Å²) in [6.07, 6.45) is 16.0. The molecule has 25 heavy (non-hydrogen) atoms. The average molecular weight is 403 g/mol. The predicted molar refractivity (Wildman–Crippen MR) is 100 cm³/mol. The molecule has 0 radical (unpaired) electrons. The van der Waals surface area contributed by atoms with E-state index in [1.165, 1.54) is 39.0 Å². The summed E-state index contributed by atoms with van der Waals surface area (Å²) >= 11 is 0. The van der Waals surface area contributed by atoms with Gasteiger partial charge in [0.25, 0.3) is 0 Å². The summed E-state index contributed by atoms with van der Waals surface area (Å²) < 4.78 is 32.3. The predicted octanol–water partition coefficient (Wildman–Crippen LogP) is 2.16. The van der Waals surface area contributed by atoms with Crippen molar-refractivity contribution >= 4 is 10.1 Å². The van der Waals surface area contributed by atoms with Crippen LogP contribution in [0.2, 0.25) is 0 Å². The van der Waals surface area contributed by atoms with E-state index >= 15 is 0 Å². The third-order valence-corrected chi connectivity index (χ3v) is 6.00. The van der Waals surface area contributed by atoms with Crippen LogP contribution >= 0.6 is 0 Å². The Hall–Kier alpha value is 1.51. The van der Waals surface area contributed by atoms with Gasteiger partial charge in [0.2, 0.25) is 0 Å². The molecular weight excluding hydrogens is 363 g/mol. The second-order valence-electron chi connectivity index (χ2n) is 7.21. The zero-order valence-electron chi connectivity index (χ0n) is 16.8. The van der Waals surface area contributed by atoms with Gasteiger partial charge in [0.1, 0.15) is 0 Å². The second kappa shape index (κ2) is 18.9. The molecule has 1 N–H and O–H groups in total. The maximum absolute atomic E-state index is 10.8. The van der Waals surface area contributed by atoms with E-state index in [0.29, 0.717) is 6.42 Å². The van der Waals surface area contributed by atoms with Gasteiger partial charge in [-0.1, -0.05) is 84.0 Å². The van der Waals surface area contributed by atoms with Crippen LogP contribution in [0.4, 0.5) is 0 Å². The van der Waals surface area contributed by atoms with Crippen molar-refractivity contribution in [3.63, 3.8) is 0 Å². The summed E-state index contributed by atoms with van der Waals surface area (Å²) in [6.45, 7) is 3.71. The van der Waals surface area contributed by atoms with Crippen molar-refractivity contribution in [1.82, 2.24) is 0 Å². The molecule has 0 saturated carbocycles. The monoisotopic (exact) mass is 402 g/mol. The van der Waals surface area contributed by atoms with E-state index in [4.69, 9.17) is 0 Å².